The second-order valence-electron chi connectivity index (χ2n) is 5.49. The quantitative estimate of drug-likeness (QED) is 0.605. The first kappa shape index (κ1) is 19.0. The first-order valence-corrected chi connectivity index (χ1v) is 6.99. The van der Waals surface area contributed by atoms with E-state index >= 15 is 0 Å². The molecule has 0 aliphatic carbocycles. The lowest BCUT2D eigenvalue weighted by Gasteiger charge is -2.14. The van der Waals surface area contributed by atoms with Crippen LogP contribution in [0.25, 0.3) is 0 Å². The average Bonchev–Trinajstić information content (AvgIpc) is 2.24. The van der Waals surface area contributed by atoms with E-state index in [1.54, 1.807) is 0 Å². The summed E-state index contributed by atoms with van der Waals surface area (Å²) in [5, 5.41) is 17.2. The summed E-state index contributed by atoms with van der Waals surface area (Å²) in [4.78, 5) is 20.2. The summed E-state index contributed by atoms with van der Waals surface area (Å²) in [7, 11) is 3.61. The molecule has 0 bridgehead atoms. The molecule has 0 amide bonds. The predicted molar refractivity (Wildman–Crippen MR) is 72.3 cm³/mol. The molecule has 2 N–H and O–H groups in total. The summed E-state index contributed by atoms with van der Waals surface area (Å²) in [5.41, 5.74) is -1.15. The Morgan fingerprint density at radius 1 is 0.952 bits per heavy atom. The minimum atomic E-state index is -4.89. The molecule has 8 nitrogen and oxygen atoms in total. The number of nitrogens with zero attached hydrogens (tertiary/aromatic N) is 1. The van der Waals surface area contributed by atoms with Crippen molar-refractivity contribution in [2.24, 2.45) is 0 Å². The van der Waals surface area contributed by atoms with Crippen LogP contribution < -0.4 is 0 Å². The summed E-state index contributed by atoms with van der Waals surface area (Å²) in [6.45, 7) is 0. The number of carbonyl (C=O) groups is 2. The number of benzene rings is 1. The average molecular weight is 319 g/mol. The van der Waals surface area contributed by atoms with Crippen LogP contribution in [0.4, 0.5) is 0 Å². The van der Waals surface area contributed by atoms with Gasteiger partial charge in [-0.3, -0.25) is 0 Å². The Morgan fingerprint density at radius 2 is 1.24 bits per heavy atom. The van der Waals surface area contributed by atoms with E-state index in [9.17, 15) is 22.6 Å². The van der Waals surface area contributed by atoms with E-state index in [0.717, 1.165) is 10.5 Å². The molecular formula is C12H17NO7S. The van der Waals surface area contributed by atoms with Gasteiger partial charge in [-0.25, -0.2) is 18.0 Å². The van der Waals surface area contributed by atoms with Crippen molar-refractivity contribution in [1.82, 2.24) is 0 Å². The summed E-state index contributed by atoms with van der Waals surface area (Å²) < 4.78 is 32.9. The minimum absolute atomic E-state index is 0.575. The number of hydrogen-bond acceptors (Lipinski definition) is 5. The molecule has 21 heavy (non-hydrogen) atoms. The van der Waals surface area contributed by atoms with Crippen LogP contribution in [0.2, 0.25) is 0 Å². The zero-order valence-corrected chi connectivity index (χ0v) is 12.8. The summed E-state index contributed by atoms with van der Waals surface area (Å²) >= 11 is 0. The van der Waals surface area contributed by atoms with Gasteiger partial charge in [0, 0.05) is 0 Å². The Hall–Kier alpha value is -1.97. The lowest BCUT2D eigenvalue weighted by atomic mass is 10.1. The molecule has 0 spiro atoms. The maximum atomic E-state index is 10.6. The number of carboxylic acids is 2. The smallest absolute Gasteiger partial charge is 0.335 e. The van der Waals surface area contributed by atoms with Crippen molar-refractivity contribution in [2.45, 2.75) is 4.90 Å². The fourth-order valence-electron chi connectivity index (χ4n) is 0.990. The topological polar surface area (TPSA) is 132 Å². The van der Waals surface area contributed by atoms with Crippen LogP contribution in [0, 0.1) is 0 Å². The van der Waals surface area contributed by atoms with Gasteiger partial charge in [0.15, 0.2) is 0 Å². The highest BCUT2D eigenvalue weighted by Gasteiger charge is 2.14. The van der Waals surface area contributed by atoms with E-state index in [4.69, 9.17) is 10.2 Å². The van der Waals surface area contributed by atoms with E-state index in [2.05, 4.69) is 28.2 Å². The predicted octanol–water partition coefficient (Wildman–Crippen LogP) is 0.310. The molecule has 0 aromatic heterocycles. The maximum Gasteiger partial charge on any atom is 0.335 e. The van der Waals surface area contributed by atoms with Gasteiger partial charge in [0.1, 0.15) is 10.1 Å². The number of aromatic carboxylic acids is 2. The summed E-state index contributed by atoms with van der Waals surface area (Å²) in [6.07, 6.45) is 0. The lowest BCUT2D eigenvalue weighted by Crippen LogP contribution is -2.27. The summed E-state index contributed by atoms with van der Waals surface area (Å²) in [5.74, 6) is -3.04. The molecule has 118 valence electrons. The Bertz CT molecular complexity index is 606. The SMILES string of the molecule is C[N+](C)(C)C.O=C(O)c1cc(C(=O)O)cc(S(=O)(=O)[O-])c1. The first-order valence-electron chi connectivity index (χ1n) is 5.58. The molecule has 0 aliphatic rings. The van der Waals surface area contributed by atoms with Crippen LogP contribution in [0.1, 0.15) is 20.7 Å². The van der Waals surface area contributed by atoms with E-state index in [0.29, 0.717) is 12.1 Å². The van der Waals surface area contributed by atoms with Crippen LogP contribution in [0.5, 0.6) is 0 Å². The molecule has 0 saturated carbocycles. The first-order chi connectivity index (χ1) is 9.21. The molecular weight excluding hydrogens is 302 g/mol. The highest BCUT2D eigenvalue weighted by atomic mass is 32.2. The molecule has 0 fully saturated rings. The van der Waals surface area contributed by atoms with Crippen molar-refractivity contribution in [3.63, 3.8) is 0 Å². The van der Waals surface area contributed by atoms with Gasteiger partial charge >= 0.3 is 11.9 Å². The highest BCUT2D eigenvalue weighted by Crippen LogP contribution is 2.15. The molecule has 0 aliphatic heterocycles. The van der Waals surface area contributed by atoms with E-state index in [-0.39, 0.29) is 0 Å². The van der Waals surface area contributed by atoms with Gasteiger partial charge in [0.05, 0.1) is 44.2 Å². The van der Waals surface area contributed by atoms with Crippen LogP contribution in [0.3, 0.4) is 0 Å². The Balaban J connectivity index is 0.000000690. The molecule has 0 atom stereocenters. The third-order valence-corrected chi connectivity index (χ3v) is 2.50. The number of quaternary nitrogens is 1. The minimum Gasteiger partial charge on any atom is -0.744 e. The maximum absolute atomic E-state index is 10.6. The highest BCUT2D eigenvalue weighted by molar-refractivity contribution is 7.85. The van der Waals surface area contributed by atoms with E-state index in [1.807, 2.05) is 0 Å². The Labute approximate surface area is 122 Å². The Morgan fingerprint density at radius 3 is 1.43 bits per heavy atom. The van der Waals surface area contributed by atoms with Crippen molar-refractivity contribution in [1.29, 1.82) is 0 Å². The van der Waals surface area contributed by atoms with Crippen molar-refractivity contribution >= 4 is 22.1 Å². The number of hydrogen-bond donors (Lipinski definition) is 2. The normalized spacial score (nSPS) is 11.3. The van der Waals surface area contributed by atoms with Crippen LogP contribution >= 0.6 is 0 Å². The standard InChI is InChI=1S/C8H6O7S.C4H12N/c9-7(10)4-1-5(8(11)12)3-6(2-4)16(13,14)15;1-5(2,3)4/h1-3H,(H,9,10)(H,11,12)(H,13,14,15);1-4H3/q;+1/p-1. The van der Waals surface area contributed by atoms with Crippen molar-refractivity contribution in [2.75, 3.05) is 28.2 Å². The third-order valence-electron chi connectivity index (χ3n) is 1.69. The van der Waals surface area contributed by atoms with Gasteiger partial charge in [-0.15, -0.1) is 0 Å². The van der Waals surface area contributed by atoms with Crippen molar-refractivity contribution < 1.29 is 37.3 Å². The van der Waals surface area contributed by atoms with Crippen LogP contribution in [0.15, 0.2) is 23.1 Å². The second kappa shape index (κ2) is 6.66. The van der Waals surface area contributed by atoms with E-state index < -0.39 is 38.1 Å². The van der Waals surface area contributed by atoms with Crippen LogP contribution in [-0.4, -0.2) is 67.8 Å². The van der Waals surface area contributed by atoms with E-state index in [1.165, 1.54) is 0 Å². The van der Waals surface area contributed by atoms with Gasteiger partial charge < -0.3 is 19.2 Å². The number of rotatable bonds is 3. The monoisotopic (exact) mass is 319 g/mol. The zero-order chi connectivity index (χ0) is 17.0. The largest absolute Gasteiger partial charge is 0.744 e. The molecule has 0 saturated heterocycles. The molecule has 1 aromatic rings. The fraction of sp³-hybridized carbons (Fsp3) is 0.333. The van der Waals surface area contributed by atoms with Gasteiger partial charge in [-0.1, -0.05) is 0 Å². The molecule has 1 rings (SSSR count). The van der Waals surface area contributed by atoms with Gasteiger partial charge in [-0.2, -0.15) is 0 Å². The van der Waals surface area contributed by atoms with Gasteiger partial charge in [-0.05, 0) is 18.2 Å². The van der Waals surface area contributed by atoms with Gasteiger partial charge in [0.2, 0.25) is 0 Å². The van der Waals surface area contributed by atoms with Crippen LogP contribution in [-0.2, 0) is 10.1 Å². The second-order valence-corrected chi connectivity index (χ2v) is 6.87. The molecule has 0 heterocycles. The molecule has 0 radical (unpaired) electrons. The zero-order valence-electron chi connectivity index (χ0n) is 12.0. The fourth-order valence-corrected chi connectivity index (χ4v) is 1.53. The van der Waals surface area contributed by atoms with Crippen molar-refractivity contribution in [3.8, 4) is 0 Å². The molecule has 9 heteroatoms. The molecule has 1 aromatic carbocycles. The summed E-state index contributed by atoms with van der Waals surface area (Å²) in [6, 6.07) is 1.98. The number of carboxylic acid groups (broad SMARTS) is 2. The Kier molecular flexibility index (Phi) is 6.03. The lowest BCUT2D eigenvalue weighted by molar-refractivity contribution is -0.849. The molecule has 0 unspecified atom stereocenters. The third kappa shape index (κ3) is 8.02. The van der Waals surface area contributed by atoms with Gasteiger partial charge in [0.25, 0.3) is 0 Å². The van der Waals surface area contributed by atoms with Crippen molar-refractivity contribution in [3.05, 3.63) is 29.3 Å².